The number of nitrogens with one attached hydrogen (secondary N) is 3. The summed E-state index contributed by atoms with van der Waals surface area (Å²) in [6.45, 7) is 1.83. The third kappa shape index (κ3) is 6.95. The summed E-state index contributed by atoms with van der Waals surface area (Å²) in [5, 5.41) is 23.0. The van der Waals surface area contributed by atoms with Crippen LogP contribution in [0.3, 0.4) is 0 Å². The number of hydrogen-bond acceptors (Lipinski definition) is 6. The van der Waals surface area contributed by atoms with E-state index in [4.69, 9.17) is 9.62 Å². The summed E-state index contributed by atoms with van der Waals surface area (Å²) in [7, 11) is 0. The molecule has 0 saturated carbocycles. The standard InChI is InChI=1S/C22H27N3O7/c1-2-3-4-7-14(12-19(26)25-31)20(27)23-13-24-21(28)18-11-10-17(32-18)15-8-5-6-9-16(15)22(29)30/h5-6,8-11,14,31H,2-4,7,12-13H2,1H3,(H,23,27)(H,24,28)(H,25,26)(H,29,30)/t14-/m1/s1. The maximum absolute atomic E-state index is 12.4. The van der Waals surface area contributed by atoms with Gasteiger partial charge >= 0.3 is 5.97 Å². The molecule has 5 N–H and O–H groups in total. The van der Waals surface area contributed by atoms with E-state index in [0.29, 0.717) is 12.0 Å². The Bertz CT molecular complexity index is 955. The van der Waals surface area contributed by atoms with Crippen molar-refractivity contribution in [3.63, 3.8) is 0 Å². The fourth-order valence-electron chi connectivity index (χ4n) is 3.17. The smallest absolute Gasteiger partial charge is 0.336 e. The minimum Gasteiger partial charge on any atom is -0.478 e. The first-order valence-corrected chi connectivity index (χ1v) is 10.3. The predicted molar refractivity (Wildman–Crippen MR) is 114 cm³/mol. The molecule has 1 atom stereocenters. The molecule has 32 heavy (non-hydrogen) atoms. The van der Waals surface area contributed by atoms with Gasteiger partial charge in [-0.25, -0.2) is 10.3 Å². The van der Waals surface area contributed by atoms with Crippen molar-refractivity contribution >= 4 is 23.7 Å². The zero-order valence-electron chi connectivity index (χ0n) is 17.7. The second-order valence-electron chi connectivity index (χ2n) is 7.17. The van der Waals surface area contributed by atoms with Gasteiger partial charge in [-0.1, -0.05) is 44.4 Å². The van der Waals surface area contributed by atoms with Crippen LogP contribution >= 0.6 is 0 Å². The van der Waals surface area contributed by atoms with E-state index < -0.39 is 29.6 Å². The number of carbonyl (C=O) groups excluding carboxylic acids is 3. The number of hydroxylamine groups is 1. The average Bonchev–Trinajstić information content (AvgIpc) is 3.28. The second kappa shape index (κ2) is 12.3. The number of furan rings is 1. The third-order valence-electron chi connectivity index (χ3n) is 4.85. The topological polar surface area (TPSA) is 158 Å². The Morgan fingerprint density at radius 2 is 1.78 bits per heavy atom. The number of unbranched alkanes of at least 4 members (excludes halogenated alkanes) is 2. The number of carboxylic acids is 1. The first kappa shape index (κ1) is 24.6. The van der Waals surface area contributed by atoms with Gasteiger partial charge in [0.15, 0.2) is 5.76 Å². The first-order valence-electron chi connectivity index (χ1n) is 10.3. The Kier molecular flexibility index (Phi) is 9.43. The van der Waals surface area contributed by atoms with Crippen LogP contribution in [0.4, 0.5) is 0 Å². The van der Waals surface area contributed by atoms with E-state index in [0.717, 1.165) is 19.3 Å². The van der Waals surface area contributed by atoms with Gasteiger partial charge in [-0.15, -0.1) is 0 Å². The van der Waals surface area contributed by atoms with Crippen LogP contribution in [0.5, 0.6) is 0 Å². The van der Waals surface area contributed by atoms with Gasteiger partial charge in [0.1, 0.15) is 5.76 Å². The van der Waals surface area contributed by atoms with Gasteiger partial charge in [0.05, 0.1) is 12.2 Å². The van der Waals surface area contributed by atoms with Gasteiger partial charge < -0.3 is 20.2 Å². The fourth-order valence-corrected chi connectivity index (χ4v) is 3.17. The van der Waals surface area contributed by atoms with Gasteiger partial charge in [0.25, 0.3) is 5.91 Å². The van der Waals surface area contributed by atoms with Gasteiger partial charge in [0, 0.05) is 17.9 Å². The highest BCUT2D eigenvalue weighted by atomic mass is 16.5. The third-order valence-corrected chi connectivity index (χ3v) is 4.85. The van der Waals surface area contributed by atoms with Gasteiger partial charge in [-0.2, -0.15) is 0 Å². The maximum Gasteiger partial charge on any atom is 0.336 e. The molecule has 0 fully saturated rings. The van der Waals surface area contributed by atoms with E-state index in [2.05, 4.69) is 10.6 Å². The van der Waals surface area contributed by atoms with E-state index in [1.807, 2.05) is 6.92 Å². The number of carboxylic acid groups (broad SMARTS) is 1. The van der Waals surface area contributed by atoms with Crippen LogP contribution in [0, 0.1) is 5.92 Å². The van der Waals surface area contributed by atoms with E-state index in [9.17, 15) is 24.3 Å². The average molecular weight is 445 g/mol. The predicted octanol–water partition coefficient (Wildman–Crippen LogP) is 2.54. The molecule has 10 heteroatoms. The molecular weight excluding hydrogens is 418 g/mol. The number of rotatable bonds is 12. The highest BCUT2D eigenvalue weighted by Gasteiger charge is 2.22. The summed E-state index contributed by atoms with van der Waals surface area (Å²) in [5.74, 6) is -3.24. The number of hydrogen-bond donors (Lipinski definition) is 5. The molecule has 1 heterocycles. The molecule has 0 unspecified atom stereocenters. The summed E-state index contributed by atoms with van der Waals surface area (Å²) in [4.78, 5) is 47.5. The number of carbonyl (C=O) groups is 4. The summed E-state index contributed by atoms with van der Waals surface area (Å²) in [5.41, 5.74) is 1.91. The van der Waals surface area contributed by atoms with Crippen molar-refractivity contribution in [3.8, 4) is 11.3 Å². The number of aromatic carboxylic acids is 1. The zero-order valence-corrected chi connectivity index (χ0v) is 17.7. The van der Waals surface area contributed by atoms with Gasteiger partial charge in [-0.3, -0.25) is 19.6 Å². The van der Waals surface area contributed by atoms with Crippen LogP contribution in [0.1, 0.15) is 59.9 Å². The minimum absolute atomic E-state index is 0.0436. The summed E-state index contributed by atoms with van der Waals surface area (Å²) >= 11 is 0. The minimum atomic E-state index is -1.12. The van der Waals surface area contributed by atoms with Crippen LogP contribution in [0.25, 0.3) is 11.3 Å². The van der Waals surface area contributed by atoms with Crippen LogP contribution in [0.15, 0.2) is 40.8 Å². The number of amides is 3. The normalized spacial score (nSPS) is 11.4. The lowest BCUT2D eigenvalue weighted by atomic mass is 9.96. The molecular formula is C22H27N3O7. The molecule has 0 saturated heterocycles. The van der Waals surface area contributed by atoms with Crippen molar-refractivity contribution in [2.24, 2.45) is 5.92 Å². The molecule has 0 aliphatic rings. The molecule has 3 amide bonds. The molecule has 1 aromatic carbocycles. The molecule has 2 rings (SSSR count). The molecule has 0 radical (unpaired) electrons. The molecule has 2 aromatic rings. The zero-order chi connectivity index (χ0) is 23.5. The lowest BCUT2D eigenvalue weighted by Gasteiger charge is -2.16. The molecule has 10 nitrogen and oxygen atoms in total. The van der Waals surface area contributed by atoms with E-state index in [-0.39, 0.29) is 30.2 Å². The van der Waals surface area contributed by atoms with Gasteiger partial charge in [-0.05, 0) is 24.6 Å². The van der Waals surface area contributed by atoms with Crippen LogP contribution < -0.4 is 16.1 Å². The fraction of sp³-hybridized carbons (Fsp3) is 0.364. The maximum atomic E-state index is 12.4. The first-order chi connectivity index (χ1) is 15.4. The molecule has 1 aromatic heterocycles. The van der Waals surface area contributed by atoms with Crippen molar-refractivity contribution in [2.75, 3.05) is 6.67 Å². The summed E-state index contributed by atoms with van der Waals surface area (Å²) < 4.78 is 5.49. The van der Waals surface area contributed by atoms with Crippen molar-refractivity contribution in [1.82, 2.24) is 16.1 Å². The molecule has 0 spiro atoms. The second-order valence-corrected chi connectivity index (χ2v) is 7.17. The Hall–Kier alpha value is -3.66. The van der Waals surface area contributed by atoms with E-state index in [1.165, 1.54) is 23.7 Å². The van der Waals surface area contributed by atoms with E-state index >= 15 is 0 Å². The molecule has 0 bridgehead atoms. The van der Waals surface area contributed by atoms with Crippen molar-refractivity contribution in [1.29, 1.82) is 0 Å². The van der Waals surface area contributed by atoms with Crippen molar-refractivity contribution < 1.29 is 33.9 Å². The Labute approximate surface area is 185 Å². The lowest BCUT2D eigenvalue weighted by molar-refractivity contribution is -0.135. The van der Waals surface area contributed by atoms with Crippen molar-refractivity contribution in [2.45, 2.75) is 39.0 Å². The monoisotopic (exact) mass is 445 g/mol. The summed E-state index contributed by atoms with van der Waals surface area (Å²) in [6, 6.07) is 9.16. The van der Waals surface area contributed by atoms with Gasteiger partial charge in [0.2, 0.25) is 11.8 Å². The highest BCUT2D eigenvalue weighted by molar-refractivity contribution is 5.96. The summed E-state index contributed by atoms with van der Waals surface area (Å²) in [6.07, 6.45) is 2.94. The molecule has 0 aliphatic carbocycles. The van der Waals surface area contributed by atoms with Crippen LogP contribution in [-0.4, -0.2) is 40.7 Å². The molecule has 172 valence electrons. The number of benzene rings is 1. The quantitative estimate of drug-likeness (QED) is 0.145. The van der Waals surface area contributed by atoms with Crippen LogP contribution in [-0.2, 0) is 9.59 Å². The lowest BCUT2D eigenvalue weighted by Crippen LogP contribution is -2.41. The SMILES string of the molecule is CCCCC[C@H](CC(=O)NO)C(=O)NCNC(=O)c1ccc(-c2ccccc2C(=O)O)o1. The van der Waals surface area contributed by atoms with Crippen molar-refractivity contribution in [3.05, 3.63) is 47.7 Å². The van der Waals surface area contributed by atoms with E-state index in [1.54, 1.807) is 18.2 Å². The Morgan fingerprint density at radius 1 is 1.03 bits per heavy atom. The Morgan fingerprint density at radius 3 is 2.47 bits per heavy atom. The largest absolute Gasteiger partial charge is 0.478 e. The highest BCUT2D eigenvalue weighted by Crippen LogP contribution is 2.26. The van der Waals surface area contributed by atoms with Crippen LogP contribution in [0.2, 0.25) is 0 Å². The Balaban J connectivity index is 1.94. The molecule has 0 aliphatic heterocycles.